The van der Waals surface area contributed by atoms with E-state index in [9.17, 15) is 0 Å². The van der Waals surface area contributed by atoms with Crippen molar-refractivity contribution in [2.45, 2.75) is 12.5 Å². The first kappa shape index (κ1) is 17.8. The van der Waals surface area contributed by atoms with Gasteiger partial charge in [-0.05, 0) is 41.0 Å². The number of nitrogens with zero attached hydrogens (tertiary/aromatic N) is 3. The second-order valence-corrected chi connectivity index (χ2v) is 6.62. The van der Waals surface area contributed by atoms with Crippen molar-refractivity contribution < 1.29 is 4.74 Å². The van der Waals surface area contributed by atoms with E-state index in [1.54, 1.807) is 13.3 Å². The van der Waals surface area contributed by atoms with E-state index < -0.39 is 0 Å². The van der Waals surface area contributed by atoms with Crippen LogP contribution < -0.4 is 15.6 Å². The normalized spacial score (nSPS) is 16.4. The van der Waals surface area contributed by atoms with E-state index in [4.69, 9.17) is 15.7 Å². The van der Waals surface area contributed by atoms with E-state index in [0.717, 1.165) is 34.7 Å². The summed E-state index contributed by atoms with van der Waals surface area (Å²) < 4.78 is 5.31. The quantitative estimate of drug-likeness (QED) is 0.413. The van der Waals surface area contributed by atoms with Crippen molar-refractivity contribution in [2.75, 3.05) is 12.1 Å². The van der Waals surface area contributed by atoms with E-state index in [1.807, 2.05) is 54.6 Å². The Hall–Kier alpha value is -3.60. The van der Waals surface area contributed by atoms with Gasteiger partial charge in [0.1, 0.15) is 5.75 Å². The summed E-state index contributed by atoms with van der Waals surface area (Å²) in [6.45, 7) is 0. The van der Waals surface area contributed by atoms with Crippen molar-refractivity contribution in [1.29, 1.82) is 0 Å². The molecule has 1 atom stereocenters. The average Bonchev–Trinajstić information content (AvgIpc) is 3.21. The molecule has 0 saturated heterocycles. The summed E-state index contributed by atoms with van der Waals surface area (Å²) in [5.74, 6) is 6.10. The van der Waals surface area contributed by atoms with Crippen LogP contribution in [-0.4, -0.2) is 19.0 Å². The maximum absolute atomic E-state index is 5.31. The summed E-state index contributed by atoms with van der Waals surface area (Å²) in [6.07, 6.45) is 2.47. The third-order valence-electron chi connectivity index (χ3n) is 4.90. The van der Waals surface area contributed by atoms with Crippen LogP contribution in [0.15, 0.2) is 89.1 Å². The third kappa shape index (κ3) is 3.60. The minimum atomic E-state index is 0.120. The van der Waals surface area contributed by atoms with Gasteiger partial charge < -0.3 is 10.6 Å². The SMILES string of the molecule is COc1ccc(C2CC(c3ccccc3)=NN2c2ccc(/C=N/N)cc2)cc1. The highest BCUT2D eigenvalue weighted by Gasteiger charge is 2.29. The zero-order valence-corrected chi connectivity index (χ0v) is 15.7. The van der Waals surface area contributed by atoms with Crippen molar-refractivity contribution in [1.82, 2.24) is 0 Å². The lowest BCUT2D eigenvalue weighted by atomic mass is 9.98. The number of benzene rings is 3. The number of nitrogens with two attached hydrogens (primary N) is 1. The molecule has 0 aliphatic carbocycles. The van der Waals surface area contributed by atoms with Crippen LogP contribution in [0.1, 0.15) is 29.2 Å². The van der Waals surface area contributed by atoms with E-state index in [1.165, 1.54) is 5.56 Å². The van der Waals surface area contributed by atoms with Gasteiger partial charge in [0, 0.05) is 6.42 Å². The van der Waals surface area contributed by atoms with Crippen LogP contribution >= 0.6 is 0 Å². The highest BCUT2D eigenvalue weighted by atomic mass is 16.5. The second kappa shape index (κ2) is 7.96. The Morgan fingerprint density at radius 1 is 1.00 bits per heavy atom. The molecule has 0 fully saturated rings. The molecule has 2 N–H and O–H groups in total. The Labute approximate surface area is 164 Å². The topological polar surface area (TPSA) is 63.2 Å². The Morgan fingerprint density at radius 2 is 1.71 bits per heavy atom. The molecule has 0 spiro atoms. The van der Waals surface area contributed by atoms with Crippen molar-refractivity contribution in [3.05, 3.63) is 95.6 Å². The predicted octanol–water partition coefficient (Wildman–Crippen LogP) is 4.34. The zero-order chi connectivity index (χ0) is 19.3. The van der Waals surface area contributed by atoms with Gasteiger partial charge in [-0.2, -0.15) is 10.2 Å². The van der Waals surface area contributed by atoms with Crippen LogP contribution in [0.5, 0.6) is 5.75 Å². The smallest absolute Gasteiger partial charge is 0.118 e. The molecule has 4 rings (SSSR count). The molecule has 28 heavy (non-hydrogen) atoms. The molecule has 140 valence electrons. The lowest BCUT2D eigenvalue weighted by molar-refractivity contribution is 0.414. The number of hydrogen-bond acceptors (Lipinski definition) is 5. The highest BCUT2D eigenvalue weighted by molar-refractivity contribution is 6.03. The molecule has 0 amide bonds. The molecule has 3 aromatic carbocycles. The first-order valence-electron chi connectivity index (χ1n) is 9.18. The number of anilines is 1. The van der Waals surface area contributed by atoms with Crippen molar-refractivity contribution >= 4 is 17.6 Å². The maximum Gasteiger partial charge on any atom is 0.118 e. The molecule has 0 bridgehead atoms. The Morgan fingerprint density at radius 3 is 2.36 bits per heavy atom. The summed E-state index contributed by atoms with van der Waals surface area (Å²) >= 11 is 0. The van der Waals surface area contributed by atoms with Gasteiger partial charge in [0.15, 0.2) is 0 Å². The van der Waals surface area contributed by atoms with Crippen LogP contribution in [0.2, 0.25) is 0 Å². The fourth-order valence-electron chi connectivity index (χ4n) is 3.44. The molecule has 0 saturated carbocycles. The van der Waals surface area contributed by atoms with Crippen LogP contribution in [0.4, 0.5) is 5.69 Å². The second-order valence-electron chi connectivity index (χ2n) is 6.62. The standard InChI is InChI=1S/C23H22N4O/c1-28-21-13-9-19(10-14-21)23-15-22(18-5-3-2-4-6-18)26-27(23)20-11-7-17(8-12-20)16-25-24/h2-14,16,23H,15,24H2,1H3/b25-16+. The summed E-state index contributed by atoms with van der Waals surface area (Å²) in [7, 11) is 1.68. The van der Waals surface area contributed by atoms with E-state index in [2.05, 4.69) is 34.4 Å². The number of hydrogen-bond donors (Lipinski definition) is 1. The van der Waals surface area contributed by atoms with Gasteiger partial charge in [0.05, 0.1) is 30.8 Å². The monoisotopic (exact) mass is 370 g/mol. The fourth-order valence-corrected chi connectivity index (χ4v) is 3.44. The lowest BCUT2D eigenvalue weighted by Gasteiger charge is -2.24. The molecule has 3 aromatic rings. The van der Waals surface area contributed by atoms with Crippen molar-refractivity contribution in [3.63, 3.8) is 0 Å². The number of hydrazone groups is 2. The molecular formula is C23H22N4O. The molecule has 0 radical (unpaired) electrons. The number of methoxy groups -OCH3 is 1. The van der Waals surface area contributed by atoms with E-state index >= 15 is 0 Å². The minimum Gasteiger partial charge on any atom is -0.497 e. The van der Waals surface area contributed by atoms with Gasteiger partial charge in [-0.1, -0.05) is 54.6 Å². The van der Waals surface area contributed by atoms with Crippen molar-refractivity contribution in [3.8, 4) is 5.75 Å². The molecular weight excluding hydrogens is 348 g/mol. The zero-order valence-electron chi connectivity index (χ0n) is 15.7. The largest absolute Gasteiger partial charge is 0.497 e. The average molecular weight is 370 g/mol. The summed E-state index contributed by atoms with van der Waals surface area (Å²) in [5, 5.41) is 10.6. The molecule has 1 aliphatic rings. The Kier molecular flexibility index (Phi) is 5.06. The van der Waals surface area contributed by atoms with Gasteiger partial charge >= 0.3 is 0 Å². The fraction of sp³-hybridized carbons (Fsp3) is 0.130. The minimum absolute atomic E-state index is 0.120. The Balaban J connectivity index is 1.71. The highest BCUT2D eigenvalue weighted by Crippen LogP contribution is 2.37. The van der Waals surface area contributed by atoms with Crippen LogP contribution in [0.25, 0.3) is 0 Å². The van der Waals surface area contributed by atoms with E-state index in [-0.39, 0.29) is 6.04 Å². The molecule has 1 unspecified atom stereocenters. The summed E-state index contributed by atoms with van der Waals surface area (Å²) in [6, 6.07) is 26.7. The van der Waals surface area contributed by atoms with Gasteiger partial charge in [-0.25, -0.2) is 0 Å². The molecule has 5 heteroatoms. The van der Waals surface area contributed by atoms with Gasteiger partial charge in [-0.3, -0.25) is 5.01 Å². The predicted molar refractivity (Wildman–Crippen MR) is 114 cm³/mol. The molecule has 5 nitrogen and oxygen atoms in total. The maximum atomic E-state index is 5.31. The first-order chi connectivity index (χ1) is 13.8. The van der Waals surface area contributed by atoms with Crippen LogP contribution in [0.3, 0.4) is 0 Å². The van der Waals surface area contributed by atoms with Crippen LogP contribution in [0, 0.1) is 0 Å². The van der Waals surface area contributed by atoms with Crippen LogP contribution in [-0.2, 0) is 0 Å². The van der Waals surface area contributed by atoms with Crippen molar-refractivity contribution in [2.24, 2.45) is 16.0 Å². The van der Waals surface area contributed by atoms with Gasteiger partial charge in [0.25, 0.3) is 0 Å². The third-order valence-corrected chi connectivity index (χ3v) is 4.90. The summed E-state index contributed by atoms with van der Waals surface area (Å²) in [4.78, 5) is 0. The molecule has 0 aromatic heterocycles. The van der Waals surface area contributed by atoms with E-state index in [0.29, 0.717) is 0 Å². The van der Waals surface area contributed by atoms with Gasteiger partial charge in [0.2, 0.25) is 0 Å². The van der Waals surface area contributed by atoms with Gasteiger partial charge in [-0.15, -0.1) is 0 Å². The summed E-state index contributed by atoms with van der Waals surface area (Å²) in [5.41, 5.74) is 5.41. The number of rotatable bonds is 5. The molecule has 1 heterocycles. The molecule has 1 aliphatic heterocycles. The first-order valence-corrected chi connectivity index (χ1v) is 9.18. The Bertz CT molecular complexity index is 979. The number of ether oxygens (including phenoxy) is 1. The lowest BCUT2D eigenvalue weighted by Crippen LogP contribution is -2.18.